The van der Waals surface area contributed by atoms with Gasteiger partial charge in [-0.15, -0.1) is 0 Å². The molecule has 0 amide bonds. The zero-order chi connectivity index (χ0) is 5.70. The third kappa shape index (κ3) is 2.38. The average molecular weight is 99.2 g/mol. The lowest BCUT2D eigenvalue weighted by atomic mass is 10.2. The zero-order valence-electron chi connectivity index (χ0n) is 5.15. The number of hydrogen-bond acceptors (Lipinski definition) is 1. The van der Waals surface area contributed by atoms with Crippen LogP contribution in [-0.4, -0.2) is 12.8 Å². The molecule has 0 spiro atoms. The minimum absolute atomic E-state index is 0.500. The van der Waals surface area contributed by atoms with Gasteiger partial charge in [0.05, 0.1) is 0 Å². The van der Waals surface area contributed by atoms with E-state index in [2.05, 4.69) is 25.6 Å². The van der Waals surface area contributed by atoms with Crippen molar-refractivity contribution in [2.75, 3.05) is 0 Å². The number of nitrogens with zero attached hydrogens (tertiary/aromatic N) is 1. The van der Waals surface area contributed by atoms with Crippen LogP contribution in [0.5, 0.6) is 0 Å². The Balaban J connectivity index is 3.16. The van der Waals surface area contributed by atoms with Gasteiger partial charge < -0.3 is 0 Å². The smallest absolute Gasteiger partial charge is 0.0487 e. The van der Waals surface area contributed by atoms with Gasteiger partial charge >= 0.3 is 0 Å². The molecule has 1 nitrogen and oxygen atoms in total. The van der Waals surface area contributed by atoms with E-state index in [1.54, 1.807) is 0 Å². The maximum absolute atomic E-state index is 3.88. The molecule has 0 aromatic rings. The Labute approximate surface area is 45.5 Å². The first-order chi connectivity index (χ1) is 3.35. The molecule has 0 saturated carbocycles. The lowest BCUT2D eigenvalue weighted by Crippen LogP contribution is -1.97. The van der Waals surface area contributed by atoms with Crippen molar-refractivity contribution in [2.24, 2.45) is 4.99 Å². The van der Waals surface area contributed by atoms with Crippen LogP contribution in [0.3, 0.4) is 0 Å². The molecule has 0 aromatic heterocycles. The van der Waals surface area contributed by atoms with E-state index in [9.17, 15) is 0 Å². The molecule has 1 heteroatoms. The van der Waals surface area contributed by atoms with Crippen molar-refractivity contribution in [1.82, 2.24) is 0 Å². The fourth-order valence-corrected chi connectivity index (χ4v) is 0.547. The van der Waals surface area contributed by atoms with Crippen molar-refractivity contribution in [1.29, 1.82) is 0 Å². The van der Waals surface area contributed by atoms with Gasteiger partial charge in [-0.1, -0.05) is 13.8 Å². The third-order valence-electron chi connectivity index (χ3n) is 1.20. The highest BCUT2D eigenvalue weighted by Crippen LogP contribution is 1.98. The monoisotopic (exact) mass is 99.1 g/mol. The summed E-state index contributed by atoms with van der Waals surface area (Å²) in [6.45, 7) is 7.71. The van der Waals surface area contributed by atoms with Gasteiger partial charge in [-0.25, -0.2) is 0 Å². The average Bonchev–Trinajstić information content (AvgIpc) is 1.72. The quantitative estimate of drug-likeness (QED) is 0.479. The van der Waals surface area contributed by atoms with E-state index in [1.807, 2.05) is 0 Å². The molecule has 0 atom stereocenters. The SMILES string of the molecule is C=NC(CC)CC. The molecule has 0 rings (SSSR count). The summed E-state index contributed by atoms with van der Waals surface area (Å²) in [6.07, 6.45) is 2.25. The second kappa shape index (κ2) is 3.85. The summed E-state index contributed by atoms with van der Waals surface area (Å²) in [5.74, 6) is 0. The minimum atomic E-state index is 0.500. The summed E-state index contributed by atoms with van der Waals surface area (Å²) in [5, 5.41) is 0. The van der Waals surface area contributed by atoms with E-state index in [0.29, 0.717) is 6.04 Å². The first-order valence-corrected chi connectivity index (χ1v) is 2.81. The van der Waals surface area contributed by atoms with Gasteiger partial charge in [0.25, 0.3) is 0 Å². The van der Waals surface area contributed by atoms with Crippen LogP contribution in [0, 0.1) is 0 Å². The van der Waals surface area contributed by atoms with Crippen LogP contribution >= 0.6 is 0 Å². The Morgan fingerprint density at radius 2 is 1.86 bits per heavy atom. The molecule has 0 radical (unpaired) electrons. The summed E-state index contributed by atoms with van der Waals surface area (Å²) in [5.41, 5.74) is 0. The molecule has 0 unspecified atom stereocenters. The molecular formula is C6H13N. The molecule has 0 N–H and O–H groups in total. The van der Waals surface area contributed by atoms with Crippen molar-refractivity contribution < 1.29 is 0 Å². The van der Waals surface area contributed by atoms with E-state index >= 15 is 0 Å². The number of hydrogen-bond donors (Lipinski definition) is 0. The number of aliphatic imine (C=N–C) groups is 1. The van der Waals surface area contributed by atoms with E-state index in [0.717, 1.165) is 12.8 Å². The molecule has 0 aliphatic heterocycles. The van der Waals surface area contributed by atoms with Crippen LogP contribution in [0.15, 0.2) is 4.99 Å². The predicted molar refractivity (Wildman–Crippen MR) is 33.9 cm³/mol. The predicted octanol–water partition coefficient (Wildman–Crippen LogP) is 1.88. The summed E-state index contributed by atoms with van der Waals surface area (Å²) in [7, 11) is 0. The van der Waals surface area contributed by atoms with Gasteiger partial charge in [0.2, 0.25) is 0 Å². The Morgan fingerprint density at radius 1 is 1.43 bits per heavy atom. The van der Waals surface area contributed by atoms with Crippen LogP contribution in [0.1, 0.15) is 26.7 Å². The van der Waals surface area contributed by atoms with Gasteiger partial charge in [-0.05, 0) is 19.6 Å². The molecule has 0 aromatic carbocycles. The molecule has 42 valence electrons. The van der Waals surface area contributed by atoms with Crippen molar-refractivity contribution in [3.05, 3.63) is 0 Å². The van der Waals surface area contributed by atoms with E-state index in [1.165, 1.54) is 0 Å². The van der Waals surface area contributed by atoms with E-state index in [-0.39, 0.29) is 0 Å². The maximum atomic E-state index is 3.88. The maximum Gasteiger partial charge on any atom is 0.0487 e. The van der Waals surface area contributed by atoms with Crippen LogP contribution in [0.4, 0.5) is 0 Å². The molecule has 0 bridgehead atoms. The van der Waals surface area contributed by atoms with E-state index in [4.69, 9.17) is 0 Å². The minimum Gasteiger partial charge on any atom is -0.298 e. The fraction of sp³-hybridized carbons (Fsp3) is 0.833. The highest BCUT2D eigenvalue weighted by molar-refractivity contribution is 5.23. The standard InChI is InChI=1S/C6H13N/c1-4-6(5-2)7-3/h6H,3-5H2,1-2H3. The fourth-order valence-electron chi connectivity index (χ4n) is 0.547. The summed E-state index contributed by atoms with van der Waals surface area (Å²) in [4.78, 5) is 3.88. The lowest BCUT2D eigenvalue weighted by Gasteiger charge is -2.01. The highest BCUT2D eigenvalue weighted by atomic mass is 14.7. The van der Waals surface area contributed by atoms with Crippen molar-refractivity contribution in [2.45, 2.75) is 32.7 Å². The second-order valence-electron chi connectivity index (χ2n) is 1.65. The van der Waals surface area contributed by atoms with Crippen LogP contribution in [-0.2, 0) is 0 Å². The molecule has 0 saturated heterocycles. The molecule has 7 heavy (non-hydrogen) atoms. The van der Waals surface area contributed by atoms with Gasteiger partial charge in [0, 0.05) is 6.04 Å². The summed E-state index contributed by atoms with van der Waals surface area (Å²) in [6, 6.07) is 0.500. The number of rotatable bonds is 3. The van der Waals surface area contributed by atoms with Gasteiger partial charge in [0.15, 0.2) is 0 Å². The first kappa shape index (κ1) is 6.67. The Morgan fingerprint density at radius 3 is 1.86 bits per heavy atom. The summed E-state index contributed by atoms with van der Waals surface area (Å²) >= 11 is 0. The Kier molecular flexibility index (Phi) is 3.67. The molecule has 0 aliphatic carbocycles. The van der Waals surface area contributed by atoms with Crippen molar-refractivity contribution in [3.8, 4) is 0 Å². The highest BCUT2D eigenvalue weighted by Gasteiger charge is 1.93. The van der Waals surface area contributed by atoms with Crippen LogP contribution in [0.25, 0.3) is 0 Å². The topological polar surface area (TPSA) is 12.4 Å². The van der Waals surface area contributed by atoms with Gasteiger partial charge in [-0.3, -0.25) is 4.99 Å². The normalized spacial score (nSPS) is 9.57. The summed E-state index contributed by atoms with van der Waals surface area (Å²) < 4.78 is 0. The largest absolute Gasteiger partial charge is 0.298 e. The van der Waals surface area contributed by atoms with Crippen molar-refractivity contribution in [3.63, 3.8) is 0 Å². The lowest BCUT2D eigenvalue weighted by molar-refractivity contribution is 0.636. The van der Waals surface area contributed by atoms with Crippen LogP contribution < -0.4 is 0 Å². The second-order valence-corrected chi connectivity index (χ2v) is 1.65. The third-order valence-corrected chi connectivity index (χ3v) is 1.20. The Hall–Kier alpha value is -0.330. The molecular weight excluding hydrogens is 86.1 g/mol. The molecule has 0 aliphatic rings. The van der Waals surface area contributed by atoms with Gasteiger partial charge in [0.1, 0.15) is 0 Å². The zero-order valence-corrected chi connectivity index (χ0v) is 5.15. The first-order valence-electron chi connectivity index (χ1n) is 2.81. The molecule has 0 fully saturated rings. The molecule has 0 heterocycles. The van der Waals surface area contributed by atoms with Crippen LogP contribution in [0.2, 0.25) is 0 Å². The van der Waals surface area contributed by atoms with E-state index < -0.39 is 0 Å². The van der Waals surface area contributed by atoms with Crippen molar-refractivity contribution >= 4 is 6.72 Å². The van der Waals surface area contributed by atoms with Gasteiger partial charge in [-0.2, -0.15) is 0 Å². The Bertz CT molecular complexity index is 46.1.